The van der Waals surface area contributed by atoms with Crippen LogP contribution in [0, 0.1) is 5.21 Å². The number of nitrogens with one attached hydrogen (secondary N) is 1. The first kappa shape index (κ1) is 21.7. The van der Waals surface area contributed by atoms with E-state index in [4.69, 9.17) is 5.11 Å². The average molecular weight is 329 g/mol. The van der Waals surface area contributed by atoms with Crippen LogP contribution in [0.3, 0.4) is 0 Å². The van der Waals surface area contributed by atoms with E-state index in [1.54, 1.807) is 20.8 Å². The summed E-state index contributed by atoms with van der Waals surface area (Å²) in [7, 11) is 0. The van der Waals surface area contributed by atoms with Crippen molar-refractivity contribution in [2.75, 3.05) is 6.54 Å². The molecule has 2 atom stereocenters. The summed E-state index contributed by atoms with van der Waals surface area (Å²) in [5.41, 5.74) is -0.151. The van der Waals surface area contributed by atoms with E-state index in [2.05, 4.69) is 4.98 Å². The van der Waals surface area contributed by atoms with Crippen LogP contribution in [0.5, 0.6) is 5.75 Å². The topological polar surface area (TPSA) is 101 Å². The first-order valence-corrected chi connectivity index (χ1v) is 5.76. The molecule has 0 amide bonds. The number of aliphatic hydroxyl groups excluding tert-OH is 2. The average Bonchev–Trinajstić information content (AvgIpc) is 2.28. The van der Waals surface area contributed by atoms with Crippen molar-refractivity contribution in [3.63, 3.8) is 0 Å². The van der Waals surface area contributed by atoms with Crippen molar-refractivity contribution >= 4 is 24.8 Å². The van der Waals surface area contributed by atoms with E-state index in [0.717, 1.165) is 0 Å². The highest BCUT2D eigenvalue weighted by Gasteiger charge is 2.23. The van der Waals surface area contributed by atoms with Crippen molar-refractivity contribution in [1.82, 2.24) is 4.98 Å². The Morgan fingerprint density at radius 1 is 1.30 bits per heavy atom. The lowest BCUT2D eigenvalue weighted by molar-refractivity contribution is -0.902. The molecule has 0 spiro atoms. The summed E-state index contributed by atoms with van der Waals surface area (Å²) in [5.74, 6) is -0.129. The van der Waals surface area contributed by atoms with Gasteiger partial charge in [0.05, 0.1) is 17.8 Å². The number of hydrogen-bond donors (Lipinski definition) is 4. The Bertz CT molecular complexity index is 413. The summed E-state index contributed by atoms with van der Waals surface area (Å²) in [4.78, 5) is 3.92. The number of rotatable bonds is 4. The summed E-state index contributed by atoms with van der Waals surface area (Å²) in [6.07, 6.45) is -1.03. The number of pyridine rings is 1. The number of nitrogens with zero attached hydrogens (tertiary/aromatic N) is 1. The van der Waals surface area contributed by atoms with Crippen molar-refractivity contribution in [2.45, 2.75) is 39.0 Å². The van der Waals surface area contributed by atoms with Gasteiger partial charge in [0, 0.05) is 0 Å². The summed E-state index contributed by atoms with van der Waals surface area (Å²) in [6.45, 7) is 4.90. The van der Waals surface area contributed by atoms with Crippen LogP contribution in [-0.2, 0) is 6.61 Å². The molecule has 6 nitrogen and oxygen atoms in total. The molecular formula is C12H22Cl2N2O4. The number of aromatic nitrogens is 1. The van der Waals surface area contributed by atoms with Crippen LogP contribution in [0.4, 0.5) is 0 Å². The van der Waals surface area contributed by atoms with Crippen molar-refractivity contribution in [3.05, 3.63) is 28.7 Å². The molecule has 0 aromatic carbocycles. The zero-order valence-electron chi connectivity index (χ0n) is 11.7. The van der Waals surface area contributed by atoms with Gasteiger partial charge < -0.3 is 25.6 Å². The lowest BCUT2D eigenvalue weighted by Crippen LogP contribution is -3.15. The monoisotopic (exact) mass is 328 g/mol. The van der Waals surface area contributed by atoms with Crippen LogP contribution in [0.2, 0.25) is 0 Å². The third-order valence-corrected chi connectivity index (χ3v) is 2.68. The predicted octanol–water partition coefficient (Wildman–Crippen LogP) is 0.338. The molecule has 0 aliphatic heterocycles. The van der Waals surface area contributed by atoms with Crippen LogP contribution in [0.1, 0.15) is 38.3 Å². The van der Waals surface area contributed by atoms with Crippen molar-refractivity contribution in [3.8, 4) is 5.75 Å². The van der Waals surface area contributed by atoms with E-state index in [9.17, 15) is 15.4 Å². The van der Waals surface area contributed by atoms with Gasteiger partial charge in [-0.25, -0.2) is 4.98 Å². The molecule has 2 unspecified atom stereocenters. The zero-order chi connectivity index (χ0) is 13.9. The van der Waals surface area contributed by atoms with Crippen LogP contribution >= 0.6 is 24.8 Å². The van der Waals surface area contributed by atoms with Gasteiger partial charge in [-0.1, -0.05) is 0 Å². The molecule has 8 heteroatoms. The van der Waals surface area contributed by atoms with E-state index in [-0.39, 0.29) is 53.6 Å². The van der Waals surface area contributed by atoms with Crippen LogP contribution in [0.25, 0.3) is 0 Å². The summed E-state index contributed by atoms with van der Waals surface area (Å²) in [6, 6.07) is 2.79. The molecule has 0 fully saturated rings. The number of hydrogen-bond acceptors (Lipinski definition) is 5. The van der Waals surface area contributed by atoms with Crippen molar-refractivity contribution < 1.29 is 20.4 Å². The summed E-state index contributed by atoms with van der Waals surface area (Å²) in [5, 5.41) is 39.9. The molecule has 0 aliphatic rings. The van der Waals surface area contributed by atoms with Gasteiger partial charge >= 0.3 is 0 Å². The predicted molar refractivity (Wildman–Crippen MR) is 80.2 cm³/mol. The second-order valence-electron chi connectivity index (χ2n) is 5.25. The Hall–Kier alpha value is -0.630. The molecule has 20 heavy (non-hydrogen) atoms. The Balaban J connectivity index is 0. The SMILES string of the molecule is CC(C)(C)[NH+]([O-])CC(O)c1ccc(O)c(CO)n1.Cl.Cl. The molecule has 4 N–H and O–H groups in total. The maximum atomic E-state index is 11.8. The van der Waals surface area contributed by atoms with E-state index < -0.39 is 18.2 Å². The largest absolute Gasteiger partial charge is 0.634 e. The maximum absolute atomic E-state index is 11.8. The Morgan fingerprint density at radius 2 is 1.85 bits per heavy atom. The van der Waals surface area contributed by atoms with Crippen molar-refractivity contribution in [2.24, 2.45) is 0 Å². The lowest BCUT2D eigenvalue weighted by Gasteiger charge is -2.36. The van der Waals surface area contributed by atoms with Gasteiger partial charge in [0.1, 0.15) is 24.1 Å². The Morgan fingerprint density at radius 3 is 2.30 bits per heavy atom. The molecule has 118 valence electrons. The van der Waals surface area contributed by atoms with Gasteiger partial charge in [0.25, 0.3) is 0 Å². The lowest BCUT2D eigenvalue weighted by atomic mass is 10.1. The second kappa shape index (κ2) is 8.61. The van der Waals surface area contributed by atoms with E-state index in [1.165, 1.54) is 12.1 Å². The minimum atomic E-state index is -1.03. The number of hydroxylamine groups is 2. The quantitative estimate of drug-likeness (QED) is 0.597. The van der Waals surface area contributed by atoms with Crippen molar-refractivity contribution in [1.29, 1.82) is 0 Å². The smallest absolute Gasteiger partial charge is 0.145 e. The van der Waals surface area contributed by atoms with E-state index in [1.807, 2.05) is 0 Å². The molecule has 0 saturated heterocycles. The van der Waals surface area contributed by atoms with Crippen LogP contribution < -0.4 is 5.06 Å². The third-order valence-electron chi connectivity index (χ3n) is 2.68. The number of quaternary nitrogens is 1. The third kappa shape index (κ3) is 5.78. The standard InChI is InChI=1S/C12H20N2O4.2ClH/c1-12(2,3)14(18)6-11(17)8-4-5-10(16)9(7-15)13-8;;/h4-5,11,14-17H,6-7H2,1-3H3;2*1H. The molecule has 1 rings (SSSR count). The molecule has 0 radical (unpaired) electrons. The minimum absolute atomic E-state index is 0. The molecule has 0 bridgehead atoms. The number of halogens is 2. The first-order chi connectivity index (χ1) is 8.25. The molecule has 1 aromatic heterocycles. The van der Waals surface area contributed by atoms with Gasteiger partial charge in [-0.05, 0) is 32.9 Å². The van der Waals surface area contributed by atoms with Gasteiger partial charge in [-0.3, -0.25) is 0 Å². The molecule has 0 saturated carbocycles. The van der Waals surface area contributed by atoms with E-state index >= 15 is 0 Å². The summed E-state index contributed by atoms with van der Waals surface area (Å²) < 4.78 is 0. The fraction of sp³-hybridized carbons (Fsp3) is 0.583. The first-order valence-electron chi connectivity index (χ1n) is 5.76. The Labute approximate surface area is 130 Å². The number of aromatic hydroxyl groups is 1. The van der Waals surface area contributed by atoms with E-state index in [0.29, 0.717) is 0 Å². The van der Waals surface area contributed by atoms with Gasteiger partial charge in [-0.2, -0.15) is 0 Å². The van der Waals surface area contributed by atoms with Gasteiger partial charge in [0.2, 0.25) is 0 Å². The highest BCUT2D eigenvalue weighted by molar-refractivity contribution is 5.85. The van der Waals surface area contributed by atoms with Crippen LogP contribution in [-0.4, -0.2) is 32.4 Å². The Kier molecular flexibility index (Phi) is 9.33. The zero-order valence-corrected chi connectivity index (χ0v) is 13.3. The minimum Gasteiger partial charge on any atom is -0.634 e. The second-order valence-corrected chi connectivity index (χ2v) is 5.25. The maximum Gasteiger partial charge on any atom is 0.145 e. The normalized spacial score (nSPS) is 13.9. The summed E-state index contributed by atoms with van der Waals surface area (Å²) >= 11 is 0. The highest BCUT2D eigenvalue weighted by Crippen LogP contribution is 2.18. The van der Waals surface area contributed by atoms with Gasteiger partial charge in [-0.15, -0.1) is 24.8 Å². The van der Waals surface area contributed by atoms with Gasteiger partial charge in [0.15, 0.2) is 0 Å². The molecule has 1 aromatic rings. The number of aliphatic hydroxyl groups is 2. The highest BCUT2D eigenvalue weighted by atomic mass is 35.5. The fourth-order valence-electron chi connectivity index (χ4n) is 1.40. The van der Waals surface area contributed by atoms with Crippen LogP contribution in [0.15, 0.2) is 12.1 Å². The molecule has 1 heterocycles. The molecule has 0 aliphatic carbocycles. The fourth-order valence-corrected chi connectivity index (χ4v) is 1.40. The molecular weight excluding hydrogens is 307 g/mol.